The van der Waals surface area contributed by atoms with E-state index < -0.39 is 4.92 Å². The lowest BCUT2D eigenvalue weighted by Gasteiger charge is -2.08. The second-order valence-electron chi connectivity index (χ2n) is 4.64. The predicted molar refractivity (Wildman–Crippen MR) is 84.6 cm³/mol. The minimum Gasteiger partial charge on any atom is -0.360 e. The van der Waals surface area contributed by atoms with Gasteiger partial charge >= 0.3 is 5.69 Å². The van der Waals surface area contributed by atoms with Crippen molar-refractivity contribution < 1.29 is 4.92 Å². The van der Waals surface area contributed by atoms with Gasteiger partial charge in [0.05, 0.1) is 15.6 Å². The lowest BCUT2D eigenvalue weighted by Crippen LogP contribution is -2.05. The summed E-state index contributed by atoms with van der Waals surface area (Å²) in [4.78, 5) is 18.4. The fraction of sp³-hybridized carbons (Fsp3) is 0.0714. The van der Waals surface area contributed by atoms with Gasteiger partial charge < -0.3 is 5.32 Å². The number of nitrogens with one attached hydrogen (secondary N) is 1. The SMILES string of the molecule is O=[N+]([O-])c1cc(Cl)cnc1NCc1cccc(-n2cncn2)c1. The van der Waals surface area contributed by atoms with Crippen molar-refractivity contribution in [2.75, 3.05) is 5.32 Å². The zero-order valence-corrected chi connectivity index (χ0v) is 12.5. The Morgan fingerprint density at radius 3 is 2.96 bits per heavy atom. The van der Waals surface area contributed by atoms with Gasteiger partial charge in [-0.1, -0.05) is 23.7 Å². The van der Waals surface area contributed by atoms with E-state index in [0.29, 0.717) is 6.54 Å². The summed E-state index contributed by atoms with van der Waals surface area (Å²) in [7, 11) is 0. The van der Waals surface area contributed by atoms with Gasteiger partial charge in [-0.3, -0.25) is 10.1 Å². The van der Waals surface area contributed by atoms with Crippen molar-refractivity contribution >= 4 is 23.1 Å². The maximum atomic E-state index is 11.0. The van der Waals surface area contributed by atoms with Crippen LogP contribution in [0.2, 0.25) is 5.02 Å². The van der Waals surface area contributed by atoms with Gasteiger partial charge in [0.1, 0.15) is 12.7 Å². The summed E-state index contributed by atoms with van der Waals surface area (Å²) in [6.45, 7) is 0.373. The molecule has 9 heteroatoms. The molecule has 3 rings (SSSR count). The molecule has 0 saturated carbocycles. The number of benzene rings is 1. The topological polar surface area (TPSA) is 98.8 Å². The van der Waals surface area contributed by atoms with E-state index in [0.717, 1.165) is 11.3 Å². The van der Waals surface area contributed by atoms with Crippen LogP contribution in [-0.4, -0.2) is 24.7 Å². The molecule has 3 aromatic rings. The van der Waals surface area contributed by atoms with Gasteiger partial charge in [-0.25, -0.2) is 14.6 Å². The average Bonchev–Trinajstić information content (AvgIpc) is 3.08. The number of pyridine rings is 1. The maximum Gasteiger partial charge on any atom is 0.312 e. The summed E-state index contributed by atoms with van der Waals surface area (Å²) in [5, 5.41) is 18.3. The second-order valence-corrected chi connectivity index (χ2v) is 5.08. The van der Waals surface area contributed by atoms with Crippen molar-refractivity contribution in [1.82, 2.24) is 19.7 Å². The third-order valence-electron chi connectivity index (χ3n) is 3.08. The van der Waals surface area contributed by atoms with E-state index in [1.807, 2.05) is 24.3 Å². The zero-order valence-electron chi connectivity index (χ0n) is 11.8. The molecule has 0 saturated heterocycles. The van der Waals surface area contributed by atoms with Crippen LogP contribution in [-0.2, 0) is 6.54 Å². The number of hydrogen-bond donors (Lipinski definition) is 1. The third kappa shape index (κ3) is 3.43. The van der Waals surface area contributed by atoms with Crippen LogP contribution in [0, 0.1) is 10.1 Å². The number of rotatable bonds is 5. The largest absolute Gasteiger partial charge is 0.360 e. The first-order valence-electron chi connectivity index (χ1n) is 6.61. The number of nitrogens with zero attached hydrogens (tertiary/aromatic N) is 5. The first-order chi connectivity index (χ1) is 11.1. The quantitative estimate of drug-likeness (QED) is 0.570. The molecule has 0 radical (unpaired) electrons. The Morgan fingerprint density at radius 1 is 1.35 bits per heavy atom. The summed E-state index contributed by atoms with van der Waals surface area (Å²) in [6, 6.07) is 8.83. The highest BCUT2D eigenvalue weighted by Gasteiger charge is 2.15. The molecule has 0 bridgehead atoms. The fourth-order valence-electron chi connectivity index (χ4n) is 2.04. The van der Waals surface area contributed by atoms with Crippen LogP contribution in [0.25, 0.3) is 5.69 Å². The summed E-state index contributed by atoms with van der Waals surface area (Å²) in [5.41, 5.74) is 1.61. The van der Waals surface area contributed by atoms with E-state index in [1.54, 1.807) is 11.0 Å². The molecular weight excluding hydrogens is 320 g/mol. The molecule has 1 N–H and O–H groups in total. The smallest absolute Gasteiger partial charge is 0.312 e. The Balaban J connectivity index is 1.79. The number of hydrogen-bond acceptors (Lipinski definition) is 6. The Labute approximate surface area is 135 Å². The number of halogens is 1. The third-order valence-corrected chi connectivity index (χ3v) is 3.29. The van der Waals surface area contributed by atoms with Crippen LogP contribution in [0.3, 0.4) is 0 Å². The van der Waals surface area contributed by atoms with Crippen molar-refractivity contribution in [2.45, 2.75) is 6.54 Å². The van der Waals surface area contributed by atoms with E-state index >= 15 is 0 Å². The Bertz CT molecular complexity index is 837. The van der Waals surface area contributed by atoms with Crippen molar-refractivity contribution in [3.8, 4) is 5.69 Å². The van der Waals surface area contributed by atoms with Gasteiger partial charge in [-0.05, 0) is 17.7 Å². The van der Waals surface area contributed by atoms with Crippen molar-refractivity contribution in [2.24, 2.45) is 0 Å². The Morgan fingerprint density at radius 2 is 2.22 bits per heavy atom. The molecule has 0 amide bonds. The average molecular weight is 331 g/mol. The Hall–Kier alpha value is -3.00. The molecule has 0 atom stereocenters. The van der Waals surface area contributed by atoms with Gasteiger partial charge in [0.15, 0.2) is 0 Å². The van der Waals surface area contributed by atoms with Crippen LogP contribution >= 0.6 is 11.6 Å². The molecule has 0 aliphatic heterocycles. The molecular formula is C14H11ClN6O2. The van der Waals surface area contributed by atoms with Crippen LogP contribution in [0.5, 0.6) is 0 Å². The van der Waals surface area contributed by atoms with Crippen molar-refractivity contribution in [3.05, 3.63) is 69.9 Å². The van der Waals surface area contributed by atoms with Gasteiger partial charge in [-0.2, -0.15) is 5.10 Å². The molecule has 0 fully saturated rings. The van der Waals surface area contributed by atoms with Crippen molar-refractivity contribution in [1.29, 1.82) is 0 Å². The molecule has 2 heterocycles. The molecule has 0 aliphatic carbocycles. The van der Waals surface area contributed by atoms with Crippen molar-refractivity contribution in [3.63, 3.8) is 0 Å². The molecule has 0 spiro atoms. The Kier molecular flexibility index (Phi) is 4.15. The summed E-state index contributed by atoms with van der Waals surface area (Å²) in [5.74, 6) is 0.172. The summed E-state index contributed by atoms with van der Waals surface area (Å²) >= 11 is 5.75. The van der Waals surface area contributed by atoms with E-state index in [-0.39, 0.29) is 16.5 Å². The molecule has 2 aromatic heterocycles. The van der Waals surface area contributed by atoms with E-state index in [2.05, 4.69) is 20.4 Å². The van der Waals surface area contributed by atoms with Crippen LogP contribution in [0.4, 0.5) is 11.5 Å². The highest BCUT2D eigenvalue weighted by molar-refractivity contribution is 6.30. The minimum atomic E-state index is -0.521. The second kappa shape index (κ2) is 6.41. The molecule has 8 nitrogen and oxygen atoms in total. The van der Waals surface area contributed by atoms with Crippen LogP contribution < -0.4 is 5.32 Å². The number of anilines is 1. The summed E-state index contributed by atoms with van der Waals surface area (Å²) < 4.78 is 1.63. The zero-order chi connectivity index (χ0) is 16.2. The first kappa shape index (κ1) is 14.9. The fourth-order valence-corrected chi connectivity index (χ4v) is 2.19. The maximum absolute atomic E-state index is 11.0. The van der Waals surface area contributed by atoms with Gasteiger partial charge in [0.25, 0.3) is 0 Å². The number of aromatic nitrogens is 4. The predicted octanol–water partition coefficient (Wildman–Crippen LogP) is 2.84. The molecule has 1 aromatic carbocycles. The van der Waals surface area contributed by atoms with Crippen LogP contribution in [0.1, 0.15) is 5.56 Å². The number of nitro groups is 1. The highest BCUT2D eigenvalue weighted by atomic mass is 35.5. The van der Waals surface area contributed by atoms with Gasteiger partial charge in [-0.15, -0.1) is 0 Å². The standard InChI is InChI=1S/C14H11ClN6O2/c15-11-5-13(21(22)23)14(18-7-11)17-6-10-2-1-3-12(4-10)20-9-16-8-19-20/h1-5,7-9H,6H2,(H,17,18). The van der Waals surface area contributed by atoms with Gasteiger partial charge in [0, 0.05) is 18.8 Å². The van der Waals surface area contributed by atoms with E-state index in [9.17, 15) is 10.1 Å². The molecule has 116 valence electrons. The lowest BCUT2D eigenvalue weighted by atomic mass is 10.2. The molecule has 0 aliphatic rings. The monoisotopic (exact) mass is 330 g/mol. The highest BCUT2D eigenvalue weighted by Crippen LogP contribution is 2.25. The first-order valence-corrected chi connectivity index (χ1v) is 6.99. The van der Waals surface area contributed by atoms with Crippen LogP contribution in [0.15, 0.2) is 49.2 Å². The van der Waals surface area contributed by atoms with E-state index in [4.69, 9.17) is 11.6 Å². The molecule has 0 unspecified atom stereocenters. The summed E-state index contributed by atoms with van der Waals surface area (Å²) in [6.07, 6.45) is 4.41. The van der Waals surface area contributed by atoms with Gasteiger partial charge in [0.2, 0.25) is 5.82 Å². The molecule has 23 heavy (non-hydrogen) atoms. The normalized spacial score (nSPS) is 10.5. The minimum absolute atomic E-state index is 0.162. The lowest BCUT2D eigenvalue weighted by molar-refractivity contribution is -0.384. The van der Waals surface area contributed by atoms with E-state index in [1.165, 1.54) is 18.6 Å².